The molecule has 0 amide bonds. The van der Waals surface area contributed by atoms with Crippen molar-refractivity contribution in [3.05, 3.63) is 29.8 Å². The first-order valence-electron chi connectivity index (χ1n) is 5.78. The van der Waals surface area contributed by atoms with Crippen molar-refractivity contribution >= 4 is 9.84 Å². The first kappa shape index (κ1) is 17.4. The molecule has 9 heteroatoms. The molecule has 1 aromatic rings. The molecule has 0 unspecified atom stereocenters. The first-order chi connectivity index (χ1) is 9.69. The van der Waals surface area contributed by atoms with E-state index in [1.54, 1.807) is 0 Å². The molecule has 4 nitrogen and oxygen atoms in total. The largest absolute Gasteiger partial charge is 0.319 e. The van der Waals surface area contributed by atoms with E-state index in [0.29, 0.717) is 0 Å². The van der Waals surface area contributed by atoms with Crippen molar-refractivity contribution in [2.24, 2.45) is 0 Å². The Morgan fingerprint density at radius 2 is 1.81 bits per heavy atom. The fourth-order valence-corrected chi connectivity index (χ4v) is 2.59. The highest BCUT2D eigenvalue weighted by Crippen LogP contribution is 2.21. The van der Waals surface area contributed by atoms with Gasteiger partial charge in [0, 0.05) is 6.54 Å². The minimum absolute atomic E-state index is 0.0658. The highest BCUT2D eigenvalue weighted by Gasteiger charge is 2.40. The van der Waals surface area contributed by atoms with Crippen LogP contribution in [0.2, 0.25) is 0 Å². The van der Waals surface area contributed by atoms with Gasteiger partial charge in [0.2, 0.25) is 0 Å². The Kier molecular flexibility index (Phi) is 5.69. The van der Waals surface area contributed by atoms with Crippen LogP contribution in [0.15, 0.2) is 29.2 Å². The summed E-state index contributed by atoms with van der Waals surface area (Å²) >= 11 is 0. The molecule has 0 heterocycles. The number of benzene rings is 1. The lowest BCUT2D eigenvalue weighted by Gasteiger charge is -2.15. The summed E-state index contributed by atoms with van der Waals surface area (Å²) < 4.78 is 72.6. The van der Waals surface area contributed by atoms with Gasteiger partial charge in [-0.1, -0.05) is 0 Å². The summed E-state index contributed by atoms with van der Waals surface area (Å²) in [6.07, 6.45) is -3.81. The van der Waals surface area contributed by atoms with Crippen LogP contribution in [0, 0.1) is 11.3 Å². The fourth-order valence-electron chi connectivity index (χ4n) is 1.39. The highest BCUT2D eigenvalue weighted by atomic mass is 32.2. The number of alkyl halides is 4. The van der Waals surface area contributed by atoms with Crippen LogP contribution < -0.4 is 5.32 Å². The Morgan fingerprint density at radius 3 is 2.29 bits per heavy atom. The maximum atomic E-state index is 12.6. The van der Waals surface area contributed by atoms with E-state index in [9.17, 15) is 26.0 Å². The number of nitrogens with one attached hydrogen (secondary N) is 1. The van der Waals surface area contributed by atoms with Gasteiger partial charge < -0.3 is 5.32 Å². The quantitative estimate of drug-likeness (QED) is 0.613. The normalized spacial score (nSPS) is 12.4. The molecule has 0 aliphatic rings. The van der Waals surface area contributed by atoms with E-state index in [2.05, 4.69) is 0 Å². The monoisotopic (exact) mass is 324 g/mol. The summed E-state index contributed by atoms with van der Waals surface area (Å²) in [5.41, 5.74) is 0.281. The van der Waals surface area contributed by atoms with Crippen LogP contribution in [-0.2, 0) is 9.84 Å². The molecule has 0 saturated heterocycles. The topological polar surface area (TPSA) is 70.0 Å². The molecule has 1 aromatic carbocycles. The van der Waals surface area contributed by atoms with Crippen molar-refractivity contribution in [3.8, 4) is 6.07 Å². The number of hydrogen-bond acceptors (Lipinski definition) is 4. The summed E-state index contributed by atoms with van der Waals surface area (Å²) in [4.78, 5) is -0.0658. The Morgan fingerprint density at radius 1 is 1.24 bits per heavy atom. The van der Waals surface area contributed by atoms with Crippen LogP contribution in [0.25, 0.3) is 0 Å². The smallest absolute Gasteiger partial charge is 0.310 e. The first-order valence-corrected chi connectivity index (χ1v) is 7.44. The molecule has 0 aliphatic heterocycles. The zero-order valence-corrected chi connectivity index (χ0v) is 11.5. The summed E-state index contributed by atoms with van der Waals surface area (Å²) in [5.74, 6) is -4.71. The summed E-state index contributed by atoms with van der Waals surface area (Å²) in [7, 11) is -3.73. The van der Waals surface area contributed by atoms with Gasteiger partial charge in [0.15, 0.2) is 9.84 Å². The minimum Gasteiger partial charge on any atom is -0.310 e. The van der Waals surface area contributed by atoms with Crippen LogP contribution in [0.3, 0.4) is 0 Å². The molecule has 116 valence electrons. The van der Waals surface area contributed by atoms with E-state index >= 15 is 0 Å². The van der Waals surface area contributed by atoms with Gasteiger partial charge in [-0.3, -0.25) is 0 Å². The molecule has 0 saturated carbocycles. The number of nitriles is 1. The lowest BCUT2D eigenvalue weighted by molar-refractivity contribution is -0.124. The summed E-state index contributed by atoms with van der Waals surface area (Å²) in [6.45, 7) is -1.68. The van der Waals surface area contributed by atoms with Crippen molar-refractivity contribution in [3.63, 3.8) is 0 Å². The van der Waals surface area contributed by atoms with E-state index < -0.39 is 34.5 Å². The van der Waals surface area contributed by atoms with Gasteiger partial charge in [0.1, 0.15) is 0 Å². The number of sulfone groups is 1. The average Bonchev–Trinajstić information content (AvgIpc) is 2.43. The molecule has 1 rings (SSSR count). The predicted octanol–water partition coefficient (Wildman–Crippen LogP) is 1.82. The third-order valence-corrected chi connectivity index (χ3v) is 4.30. The molecule has 0 aromatic heterocycles. The van der Waals surface area contributed by atoms with Crippen molar-refractivity contribution in [2.45, 2.75) is 17.2 Å². The number of rotatable bonds is 7. The van der Waals surface area contributed by atoms with E-state index in [-0.39, 0.29) is 17.0 Å². The third kappa shape index (κ3) is 4.99. The number of halogens is 4. The van der Waals surface area contributed by atoms with Gasteiger partial charge in [-0.25, -0.2) is 17.2 Å². The highest BCUT2D eigenvalue weighted by molar-refractivity contribution is 7.91. The molecule has 0 fully saturated rings. The lowest BCUT2D eigenvalue weighted by atomic mass is 10.2. The summed E-state index contributed by atoms with van der Waals surface area (Å²) in [5, 5.41) is 10.6. The maximum absolute atomic E-state index is 12.6. The number of nitrogens with zero attached hydrogens (tertiary/aromatic N) is 1. The second kappa shape index (κ2) is 6.87. The van der Waals surface area contributed by atoms with Gasteiger partial charge in [0.05, 0.1) is 28.8 Å². The minimum atomic E-state index is -4.20. The molecular weight excluding hydrogens is 312 g/mol. The van der Waals surface area contributed by atoms with Crippen molar-refractivity contribution in [1.82, 2.24) is 5.32 Å². The number of hydrogen-bond donors (Lipinski definition) is 1. The predicted molar refractivity (Wildman–Crippen MR) is 67.0 cm³/mol. The zero-order valence-electron chi connectivity index (χ0n) is 10.7. The Labute approximate surface area is 119 Å². The second-order valence-corrected chi connectivity index (χ2v) is 6.30. The SMILES string of the molecule is N#Cc1ccc(S(=O)(=O)CCNCC(F)(F)C(F)F)cc1. The molecule has 0 aliphatic carbocycles. The van der Waals surface area contributed by atoms with E-state index in [1.807, 2.05) is 11.4 Å². The lowest BCUT2D eigenvalue weighted by Crippen LogP contribution is -2.40. The standard InChI is InChI=1S/C12H12F4N2O2S/c13-11(14)12(15,16)8-18-5-6-21(19,20)10-3-1-9(7-17)2-4-10/h1-4,11,18H,5-6,8H2. The van der Waals surface area contributed by atoms with E-state index in [1.165, 1.54) is 24.3 Å². The van der Waals surface area contributed by atoms with Crippen LogP contribution >= 0.6 is 0 Å². The zero-order chi connectivity index (χ0) is 16.1. The van der Waals surface area contributed by atoms with E-state index in [4.69, 9.17) is 5.26 Å². The summed E-state index contributed by atoms with van der Waals surface area (Å²) in [6, 6.07) is 6.89. The molecular formula is C12H12F4N2O2S. The molecule has 0 bridgehead atoms. The molecule has 0 radical (unpaired) electrons. The van der Waals surface area contributed by atoms with Crippen molar-refractivity contribution < 1.29 is 26.0 Å². The van der Waals surface area contributed by atoms with Crippen LogP contribution in [0.1, 0.15) is 5.56 Å². The molecule has 21 heavy (non-hydrogen) atoms. The van der Waals surface area contributed by atoms with E-state index in [0.717, 1.165) is 0 Å². The average molecular weight is 324 g/mol. The van der Waals surface area contributed by atoms with Crippen LogP contribution in [-0.4, -0.2) is 39.6 Å². The van der Waals surface area contributed by atoms with Crippen LogP contribution in [0.4, 0.5) is 17.6 Å². The van der Waals surface area contributed by atoms with Gasteiger partial charge >= 0.3 is 12.3 Å². The molecule has 0 spiro atoms. The van der Waals surface area contributed by atoms with Crippen molar-refractivity contribution in [2.75, 3.05) is 18.8 Å². The van der Waals surface area contributed by atoms with Gasteiger partial charge in [-0.05, 0) is 24.3 Å². The van der Waals surface area contributed by atoms with Gasteiger partial charge in [-0.2, -0.15) is 14.0 Å². The second-order valence-electron chi connectivity index (χ2n) is 4.19. The van der Waals surface area contributed by atoms with Crippen LogP contribution in [0.5, 0.6) is 0 Å². The Balaban J connectivity index is 2.56. The van der Waals surface area contributed by atoms with Gasteiger partial charge in [-0.15, -0.1) is 0 Å². The Bertz CT molecular complexity index is 609. The molecule has 0 atom stereocenters. The van der Waals surface area contributed by atoms with Gasteiger partial charge in [0.25, 0.3) is 0 Å². The fraction of sp³-hybridized carbons (Fsp3) is 0.417. The Hall–Kier alpha value is -1.66. The molecule has 1 N–H and O–H groups in total. The maximum Gasteiger partial charge on any atom is 0.319 e. The van der Waals surface area contributed by atoms with Crippen molar-refractivity contribution in [1.29, 1.82) is 5.26 Å². The third-order valence-electron chi connectivity index (χ3n) is 2.57.